The summed E-state index contributed by atoms with van der Waals surface area (Å²) < 4.78 is 10.7. The van der Waals surface area contributed by atoms with Crippen molar-refractivity contribution in [2.45, 2.75) is 32.2 Å². The van der Waals surface area contributed by atoms with Crippen molar-refractivity contribution >= 4 is 0 Å². The van der Waals surface area contributed by atoms with Crippen molar-refractivity contribution in [3.8, 4) is 12.3 Å². The second-order valence-electron chi connectivity index (χ2n) is 2.57. The number of ether oxygens (including phenoxy) is 2. The predicted molar refractivity (Wildman–Crippen MR) is 38.4 cm³/mol. The van der Waals surface area contributed by atoms with Crippen LogP contribution in [-0.2, 0) is 9.47 Å². The van der Waals surface area contributed by atoms with Crippen LogP contribution in [0.2, 0.25) is 0 Å². The van der Waals surface area contributed by atoms with Crippen LogP contribution in [0.4, 0.5) is 0 Å². The van der Waals surface area contributed by atoms with E-state index < -0.39 is 5.79 Å². The fourth-order valence-electron chi connectivity index (χ4n) is 0.888. The van der Waals surface area contributed by atoms with Gasteiger partial charge in [-0.3, -0.25) is 0 Å². The molecular weight excluding hydrogens is 128 g/mol. The maximum Gasteiger partial charge on any atom is 0.167 e. The van der Waals surface area contributed by atoms with Crippen molar-refractivity contribution in [1.29, 1.82) is 0 Å². The van der Waals surface area contributed by atoms with Crippen LogP contribution in [0, 0.1) is 12.3 Å². The monoisotopic (exact) mass is 140 g/mol. The first kappa shape index (κ1) is 7.59. The van der Waals surface area contributed by atoms with E-state index in [0.717, 1.165) is 6.42 Å². The van der Waals surface area contributed by atoms with Crippen molar-refractivity contribution in [3.63, 3.8) is 0 Å². The van der Waals surface area contributed by atoms with E-state index in [-0.39, 0.29) is 6.10 Å². The Bertz CT molecular complexity index is 159. The summed E-state index contributed by atoms with van der Waals surface area (Å²) in [7, 11) is 0. The smallest absolute Gasteiger partial charge is 0.167 e. The molecular formula is C8H12O2. The molecule has 56 valence electrons. The summed E-state index contributed by atoms with van der Waals surface area (Å²) in [6.07, 6.45) is 5.84. The molecule has 0 spiro atoms. The Morgan fingerprint density at radius 3 is 2.80 bits per heavy atom. The molecule has 1 fully saturated rings. The van der Waals surface area contributed by atoms with E-state index in [1.807, 2.05) is 13.8 Å². The zero-order chi connectivity index (χ0) is 7.61. The third kappa shape index (κ3) is 1.31. The highest BCUT2D eigenvalue weighted by atomic mass is 16.7. The maximum absolute atomic E-state index is 5.39. The molecule has 0 bridgehead atoms. The van der Waals surface area contributed by atoms with Crippen molar-refractivity contribution in [2.75, 3.05) is 6.61 Å². The SMILES string of the molecule is C#CC1COC(C)(CC)O1. The van der Waals surface area contributed by atoms with Crippen LogP contribution in [0.1, 0.15) is 20.3 Å². The number of hydrogen-bond donors (Lipinski definition) is 0. The molecule has 1 heterocycles. The van der Waals surface area contributed by atoms with Crippen molar-refractivity contribution in [1.82, 2.24) is 0 Å². The highest BCUT2D eigenvalue weighted by Gasteiger charge is 2.34. The molecule has 0 amide bonds. The Morgan fingerprint density at radius 2 is 2.50 bits per heavy atom. The zero-order valence-electron chi connectivity index (χ0n) is 6.39. The lowest BCUT2D eigenvalue weighted by molar-refractivity contribution is -0.149. The van der Waals surface area contributed by atoms with Crippen molar-refractivity contribution in [2.24, 2.45) is 0 Å². The van der Waals surface area contributed by atoms with E-state index in [1.165, 1.54) is 0 Å². The van der Waals surface area contributed by atoms with Gasteiger partial charge in [0.25, 0.3) is 0 Å². The number of hydrogen-bond acceptors (Lipinski definition) is 2. The standard InChI is InChI=1S/C8H12O2/c1-4-7-6-9-8(3,5-2)10-7/h1,7H,5-6H2,2-3H3. The van der Waals surface area contributed by atoms with Crippen molar-refractivity contribution < 1.29 is 9.47 Å². The highest BCUT2D eigenvalue weighted by Crippen LogP contribution is 2.25. The van der Waals surface area contributed by atoms with Gasteiger partial charge in [-0.25, -0.2) is 0 Å². The predicted octanol–water partition coefficient (Wildman–Crippen LogP) is 1.16. The first-order valence-electron chi connectivity index (χ1n) is 3.48. The zero-order valence-corrected chi connectivity index (χ0v) is 6.39. The van der Waals surface area contributed by atoms with Gasteiger partial charge in [0.05, 0.1) is 6.61 Å². The summed E-state index contributed by atoms with van der Waals surface area (Å²) in [6, 6.07) is 0. The normalized spacial score (nSPS) is 39.5. The van der Waals surface area contributed by atoms with Crippen LogP contribution in [0.3, 0.4) is 0 Å². The molecule has 2 nitrogen and oxygen atoms in total. The molecule has 1 aliphatic rings. The summed E-state index contributed by atoms with van der Waals surface area (Å²) in [5.41, 5.74) is 0. The molecule has 1 aliphatic heterocycles. The van der Waals surface area contributed by atoms with E-state index in [1.54, 1.807) is 0 Å². The first-order valence-corrected chi connectivity index (χ1v) is 3.48. The van der Waals surface area contributed by atoms with Gasteiger partial charge in [0, 0.05) is 0 Å². The van der Waals surface area contributed by atoms with Crippen LogP contribution in [0.15, 0.2) is 0 Å². The van der Waals surface area contributed by atoms with Gasteiger partial charge in [0.15, 0.2) is 5.79 Å². The minimum absolute atomic E-state index is 0.148. The van der Waals surface area contributed by atoms with E-state index in [2.05, 4.69) is 5.92 Å². The van der Waals surface area contributed by atoms with Gasteiger partial charge < -0.3 is 9.47 Å². The second-order valence-corrected chi connectivity index (χ2v) is 2.57. The lowest BCUT2D eigenvalue weighted by Gasteiger charge is -2.19. The van der Waals surface area contributed by atoms with Crippen LogP contribution in [0.25, 0.3) is 0 Å². The summed E-state index contributed by atoms with van der Waals surface area (Å²) in [4.78, 5) is 0. The fraction of sp³-hybridized carbons (Fsp3) is 0.750. The summed E-state index contributed by atoms with van der Waals surface area (Å²) in [5, 5.41) is 0. The molecule has 0 aromatic rings. The van der Waals surface area contributed by atoms with Crippen LogP contribution in [0.5, 0.6) is 0 Å². The van der Waals surface area contributed by atoms with Crippen LogP contribution in [-0.4, -0.2) is 18.5 Å². The summed E-state index contributed by atoms with van der Waals surface area (Å²) in [5.74, 6) is 2.07. The molecule has 2 unspecified atom stereocenters. The quantitative estimate of drug-likeness (QED) is 0.509. The van der Waals surface area contributed by atoms with E-state index in [0.29, 0.717) is 6.61 Å². The molecule has 0 aliphatic carbocycles. The Kier molecular flexibility index (Phi) is 1.98. The van der Waals surface area contributed by atoms with E-state index in [4.69, 9.17) is 15.9 Å². The minimum atomic E-state index is -0.433. The van der Waals surface area contributed by atoms with Gasteiger partial charge in [-0.15, -0.1) is 6.42 Å². The molecule has 0 radical (unpaired) electrons. The molecule has 2 heteroatoms. The fourth-order valence-corrected chi connectivity index (χ4v) is 0.888. The summed E-state index contributed by atoms with van der Waals surface area (Å²) in [6.45, 7) is 4.45. The largest absolute Gasteiger partial charge is 0.346 e. The average Bonchev–Trinajstić information content (AvgIpc) is 2.33. The molecule has 10 heavy (non-hydrogen) atoms. The third-order valence-corrected chi connectivity index (χ3v) is 1.76. The number of rotatable bonds is 1. The van der Waals surface area contributed by atoms with Crippen LogP contribution >= 0.6 is 0 Å². The molecule has 0 aromatic heterocycles. The van der Waals surface area contributed by atoms with Gasteiger partial charge in [-0.2, -0.15) is 0 Å². The molecule has 1 saturated heterocycles. The minimum Gasteiger partial charge on any atom is -0.346 e. The lowest BCUT2D eigenvalue weighted by Crippen LogP contribution is -2.24. The first-order chi connectivity index (χ1) is 4.70. The van der Waals surface area contributed by atoms with Gasteiger partial charge in [-0.1, -0.05) is 12.8 Å². The maximum atomic E-state index is 5.39. The molecule has 1 rings (SSSR count). The van der Waals surface area contributed by atoms with E-state index >= 15 is 0 Å². The molecule has 0 saturated carbocycles. The molecule has 0 aromatic carbocycles. The Morgan fingerprint density at radius 1 is 1.80 bits per heavy atom. The van der Waals surface area contributed by atoms with Gasteiger partial charge >= 0.3 is 0 Å². The second kappa shape index (κ2) is 2.61. The number of terminal acetylenes is 1. The van der Waals surface area contributed by atoms with Gasteiger partial charge in [0.2, 0.25) is 0 Å². The average molecular weight is 140 g/mol. The highest BCUT2D eigenvalue weighted by molar-refractivity contribution is 4.98. The van der Waals surface area contributed by atoms with Crippen LogP contribution < -0.4 is 0 Å². The van der Waals surface area contributed by atoms with E-state index in [9.17, 15) is 0 Å². The Balaban J connectivity index is 2.51. The van der Waals surface area contributed by atoms with Gasteiger partial charge in [0.1, 0.15) is 6.10 Å². The third-order valence-electron chi connectivity index (χ3n) is 1.76. The topological polar surface area (TPSA) is 18.5 Å². The Labute approximate surface area is 61.5 Å². The Hall–Kier alpha value is -0.520. The molecule has 2 atom stereocenters. The van der Waals surface area contributed by atoms with Gasteiger partial charge in [-0.05, 0) is 13.3 Å². The summed E-state index contributed by atoms with van der Waals surface area (Å²) >= 11 is 0. The van der Waals surface area contributed by atoms with Crippen molar-refractivity contribution in [3.05, 3.63) is 0 Å². The molecule has 0 N–H and O–H groups in total. The lowest BCUT2D eigenvalue weighted by atomic mass is 10.2.